The van der Waals surface area contributed by atoms with Crippen molar-refractivity contribution in [1.29, 1.82) is 0 Å². The minimum absolute atomic E-state index is 0.0339. The van der Waals surface area contributed by atoms with Gasteiger partial charge in [0.25, 0.3) is 0 Å². The Morgan fingerprint density at radius 2 is 1.83 bits per heavy atom. The number of fused-ring (bicyclic) bond motifs is 1. The SMILES string of the molecule is O=C(Cc1ccc(F)cc1)N1CC2CCCN2C1c1ccccc1. The van der Waals surface area contributed by atoms with Gasteiger partial charge in [-0.05, 0) is 36.1 Å². The van der Waals surface area contributed by atoms with Crippen LogP contribution in [0.15, 0.2) is 54.6 Å². The number of amides is 1. The number of halogens is 1. The molecule has 2 aliphatic heterocycles. The summed E-state index contributed by atoms with van der Waals surface area (Å²) in [5.41, 5.74) is 2.04. The van der Waals surface area contributed by atoms with E-state index in [0.29, 0.717) is 12.5 Å². The zero-order valence-electron chi connectivity index (χ0n) is 13.6. The zero-order chi connectivity index (χ0) is 16.5. The lowest BCUT2D eigenvalue weighted by atomic mass is 10.1. The lowest BCUT2D eigenvalue weighted by Gasteiger charge is -2.30. The average Bonchev–Trinajstić information content (AvgIpc) is 3.18. The van der Waals surface area contributed by atoms with Crippen LogP contribution in [0.2, 0.25) is 0 Å². The summed E-state index contributed by atoms with van der Waals surface area (Å²) in [5.74, 6) is -0.153. The van der Waals surface area contributed by atoms with E-state index < -0.39 is 0 Å². The van der Waals surface area contributed by atoms with Crippen LogP contribution in [0.1, 0.15) is 30.1 Å². The minimum Gasteiger partial charge on any atom is -0.321 e. The van der Waals surface area contributed by atoms with E-state index in [-0.39, 0.29) is 17.9 Å². The molecule has 2 atom stereocenters. The van der Waals surface area contributed by atoms with Gasteiger partial charge in [-0.25, -0.2) is 4.39 Å². The van der Waals surface area contributed by atoms with Gasteiger partial charge in [-0.1, -0.05) is 42.5 Å². The van der Waals surface area contributed by atoms with Crippen LogP contribution in [0.25, 0.3) is 0 Å². The van der Waals surface area contributed by atoms with Gasteiger partial charge in [0.05, 0.1) is 6.42 Å². The third-order valence-corrected chi connectivity index (χ3v) is 5.13. The Kier molecular flexibility index (Phi) is 4.07. The van der Waals surface area contributed by atoms with Gasteiger partial charge in [-0.15, -0.1) is 0 Å². The Labute approximate surface area is 141 Å². The van der Waals surface area contributed by atoms with Crippen molar-refractivity contribution < 1.29 is 9.18 Å². The highest BCUT2D eigenvalue weighted by atomic mass is 19.1. The quantitative estimate of drug-likeness (QED) is 0.864. The van der Waals surface area contributed by atoms with Crippen LogP contribution in [0.3, 0.4) is 0 Å². The molecule has 0 radical (unpaired) electrons. The van der Waals surface area contributed by atoms with Crippen molar-refractivity contribution >= 4 is 5.91 Å². The first-order valence-corrected chi connectivity index (χ1v) is 8.57. The molecular weight excluding hydrogens is 303 g/mol. The molecular formula is C20H21FN2O. The molecule has 2 fully saturated rings. The van der Waals surface area contributed by atoms with Gasteiger partial charge < -0.3 is 4.90 Å². The van der Waals surface area contributed by atoms with E-state index in [2.05, 4.69) is 17.0 Å². The molecule has 24 heavy (non-hydrogen) atoms. The van der Waals surface area contributed by atoms with Crippen LogP contribution >= 0.6 is 0 Å². The van der Waals surface area contributed by atoms with Gasteiger partial charge in [0.1, 0.15) is 12.0 Å². The average molecular weight is 324 g/mol. The molecule has 0 aliphatic carbocycles. The monoisotopic (exact) mass is 324 g/mol. The van der Waals surface area contributed by atoms with Crippen LogP contribution in [-0.4, -0.2) is 34.8 Å². The van der Waals surface area contributed by atoms with Gasteiger partial charge >= 0.3 is 0 Å². The maximum absolute atomic E-state index is 13.1. The molecule has 4 rings (SSSR count). The molecule has 2 heterocycles. The Balaban J connectivity index is 1.58. The van der Waals surface area contributed by atoms with Crippen LogP contribution in [0.4, 0.5) is 4.39 Å². The van der Waals surface area contributed by atoms with Crippen LogP contribution < -0.4 is 0 Å². The fourth-order valence-electron chi connectivity index (χ4n) is 4.00. The van der Waals surface area contributed by atoms with E-state index >= 15 is 0 Å². The van der Waals surface area contributed by atoms with Gasteiger partial charge in [-0.3, -0.25) is 9.69 Å². The lowest BCUT2D eigenvalue weighted by Crippen LogP contribution is -2.36. The van der Waals surface area contributed by atoms with E-state index in [1.54, 1.807) is 12.1 Å². The largest absolute Gasteiger partial charge is 0.321 e. The summed E-state index contributed by atoms with van der Waals surface area (Å²) in [6, 6.07) is 17.0. The van der Waals surface area contributed by atoms with Crippen molar-refractivity contribution in [3.05, 3.63) is 71.5 Å². The van der Waals surface area contributed by atoms with Gasteiger partial charge in [0.2, 0.25) is 5.91 Å². The normalized spacial score (nSPS) is 23.5. The molecule has 0 saturated carbocycles. The number of benzene rings is 2. The number of hydrogen-bond donors (Lipinski definition) is 0. The third-order valence-electron chi connectivity index (χ3n) is 5.13. The fourth-order valence-corrected chi connectivity index (χ4v) is 4.00. The predicted molar refractivity (Wildman–Crippen MR) is 90.7 cm³/mol. The molecule has 4 heteroatoms. The van der Waals surface area contributed by atoms with E-state index in [9.17, 15) is 9.18 Å². The maximum atomic E-state index is 13.1. The second-order valence-electron chi connectivity index (χ2n) is 6.67. The van der Waals surface area contributed by atoms with Crippen LogP contribution in [0, 0.1) is 5.82 Å². The predicted octanol–water partition coefficient (Wildman–Crippen LogP) is 3.37. The second-order valence-corrected chi connectivity index (χ2v) is 6.67. The topological polar surface area (TPSA) is 23.6 Å². The molecule has 0 aromatic heterocycles. The van der Waals surface area contributed by atoms with Crippen molar-refractivity contribution in [2.75, 3.05) is 13.1 Å². The van der Waals surface area contributed by atoms with E-state index in [4.69, 9.17) is 0 Å². The summed E-state index contributed by atoms with van der Waals surface area (Å²) in [5, 5.41) is 0. The summed E-state index contributed by atoms with van der Waals surface area (Å²) in [6.45, 7) is 1.84. The second kappa shape index (κ2) is 6.36. The summed E-state index contributed by atoms with van der Waals surface area (Å²) in [4.78, 5) is 17.4. The summed E-state index contributed by atoms with van der Waals surface area (Å²) < 4.78 is 13.1. The highest BCUT2D eigenvalue weighted by Gasteiger charge is 2.44. The van der Waals surface area contributed by atoms with Crippen LogP contribution in [0.5, 0.6) is 0 Å². The number of carbonyl (C=O) groups is 1. The molecule has 2 aliphatic rings. The van der Waals surface area contributed by atoms with E-state index in [1.807, 2.05) is 23.1 Å². The van der Waals surface area contributed by atoms with Crippen molar-refractivity contribution in [2.45, 2.75) is 31.5 Å². The van der Waals surface area contributed by atoms with Gasteiger partial charge in [0.15, 0.2) is 0 Å². The van der Waals surface area contributed by atoms with Crippen molar-refractivity contribution in [3.63, 3.8) is 0 Å². The Hall–Kier alpha value is -2.20. The van der Waals surface area contributed by atoms with Crippen molar-refractivity contribution in [1.82, 2.24) is 9.80 Å². The maximum Gasteiger partial charge on any atom is 0.228 e. The molecule has 2 aromatic carbocycles. The van der Waals surface area contributed by atoms with Crippen LogP contribution in [-0.2, 0) is 11.2 Å². The molecule has 2 aromatic rings. The number of carbonyl (C=O) groups excluding carboxylic acids is 1. The summed E-state index contributed by atoms with van der Waals surface area (Å²) >= 11 is 0. The highest BCUT2D eigenvalue weighted by Crippen LogP contribution is 2.39. The van der Waals surface area contributed by atoms with Crippen molar-refractivity contribution in [2.24, 2.45) is 0 Å². The first-order chi connectivity index (χ1) is 11.7. The highest BCUT2D eigenvalue weighted by molar-refractivity contribution is 5.79. The Bertz CT molecular complexity index is 716. The fraction of sp³-hybridized carbons (Fsp3) is 0.350. The standard InChI is InChI=1S/C20H21FN2O/c21-17-10-8-15(9-11-17)13-19(24)23-14-18-7-4-12-22(18)20(23)16-5-2-1-3-6-16/h1-3,5-6,8-11,18,20H,4,7,12-14H2. The summed E-state index contributed by atoms with van der Waals surface area (Å²) in [7, 11) is 0. The van der Waals surface area contributed by atoms with Gasteiger partial charge in [-0.2, -0.15) is 0 Å². The minimum atomic E-state index is -0.268. The zero-order valence-corrected chi connectivity index (χ0v) is 13.6. The number of rotatable bonds is 3. The number of hydrogen-bond acceptors (Lipinski definition) is 2. The molecule has 0 N–H and O–H groups in total. The molecule has 0 bridgehead atoms. The van der Waals surface area contributed by atoms with Gasteiger partial charge in [0, 0.05) is 19.1 Å². The molecule has 0 spiro atoms. The Morgan fingerprint density at radius 1 is 1.08 bits per heavy atom. The molecule has 3 nitrogen and oxygen atoms in total. The molecule has 2 saturated heterocycles. The Morgan fingerprint density at radius 3 is 2.58 bits per heavy atom. The summed E-state index contributed by atoms with van der Waals surface area (Å²) in [6.07, 6.45) is 2.72. The lowest BCUT2D eigenvalue weighted by molar-refractivity contribution is -0.133. The van der Waals surface area contributed by atoms with E-state index in [0.717, 1.165) is 25.1 Å². The van der Waals surface area contributed by atoms with Crippen molar-refractivity contribution in [3.8, 4) is 0 Å². The smallest absolute Gasteiger partial charge is 0.228 e. The third kappa shape index (κ3) is 2.82. The molecule has 1 amide bonds. The molecule has 124 valence electrons. The van der Waals surface area contributed by atoms with E-state index in [1.165, 1.54) is 24.1 Å². The first kappa shape index (κ1) is 15.3. The first-order valence-electron chi connectivity index (χ1n) is 8.57. The number of nitrogens with zero attached hydrogens (tertiary/aromatic N) is 2. The molecule has 2 unspecified atom stereocenters.